The lowest BCUT2D eigenvalue weighted by Crippen LogP contribution is -2.41. The molecule has 3 nitrogen and oxygen atoms in total. The molecule has 0 spiro atoms. The Hall–Kier alpha value is -0.590. The van der Waals surface area contributed by atoms with Crippen molar-refractivity contribution in [1.29, 1.82) is 5.26 Å². The van der Waals surface area contributed by atoms with Crippen molar-refractivity contribution in [3.05, 3.63) is 0 Å². The molecule has 0 unspecified atom stereocenters. The van der Waals surface area contributed by atoms with E-state index < -0.39 is 0 Å². The van der Waals surface area contributed by atoms with E-state index >= 15 is 0 Å². The number of rotatable bonds is 2. The lowest BCUT2D eigenvalue weighted by Gasteiger charge is -2.30. The lowest BCUT2D eigenvalue weighted by atomic mass is 10.1. The van der Waals surface area contributed by atoms with Crippen LogP contribution in [0, 0.1) is 11.3 Å². The molecule has 0 saturated carbocycles. The van der Waals surface area contributed by atoms with Crippen LogP contribution in [0.25, 0.3) is 0 Å². The van der Waals surface area contributed by atoms with E-state index in [1.54, 1.807) is 0 Å². The van der Waals surface area contributed by atoms with E-state index in [1.807, 2.05) is 20.8 Å². The summed E-state index contributed by atoms with van der Waals surface area (Å²) in [4.78, 5) is 2.22. The average molecular weight is 196 g/mol. The fraction of sp³-hybridized carbons (Fsp3) is 0.909. The van der Waals surface area contributed by atoms with Gasteiger partial charge in [0.05, 0.1) is 11.7 Å². The molecule has 1 heterocycles. The molecular weight excluding hydrogens is 176 g/mol. The molecule has 0 aromatic heterocycles. The second-order valence-electron chi connectivity index (χ2n) is 4.97. The van der Waals surface area contributed by atoms with Crippen LogP contribution in [0.5, 0.6) is 0 Å². The Morgan fingerprint density at radius 2 is 2.14 bits per heavy atom. The monoisotopic (exact) mass is 196 g/mol. The summed E-state index contributed by atoms with van der Waals surface area (Å²) in [5, 5.41) is 9.07. The third kappa shape index (κ3) is 2.97. The van der Waals surface area contributed by atoms with Crippen LogP contribution in [0.2, 0.25) is 0 Å². The van der Waals surface area contributed by atoms with Crippen LogP contribution in [0.3, 0.4) is 0 Å². The van der Waals surface area contributed by atoms with E-state index in [0.29, 0.717) is 0 Å². The third-order valence-electron chi connectivity index (χ3n) is 2.53. The molecule has 0 radical (unpaired) electrons. The number of ether oxygens (including phenoxy) is 1. The molecule has 0 aromatic rings. The van der Waals surface area contributed by atoms with Crippen molar-refractivity contribution in [2.75, 3.05) is 13.6 Å². The van der Waals surface area contributed by atoms with Crippen LogP contribution in [0.1, 0.15) is 33.6 Å². The summed E-state index contributed by atoms with van der Waals surface area (Å²) in [6.07, 6.45) is 1.96. The average Bonchev–Trinajstić information content (AvgIpc) is 2.45. The molecule has 14 heavy (non-hydrogen) atoms. The quantitative estimate of drug-likeness (QED) is 0.675. The fourth-order valence-electron chi connectivity index (χ4n) is 1.89. The molecule has 0 aliphatic carbocycles. The smallest absolute Gasteiger partial charge is 0.160 e. The topological polar surface area (TPSA) is 36.3 Å². The zero-order valence-corrected chi connectivity index (χ0v) is 9.58. The number of hydrogen-bond donors (Lipinski definition) is 0. The second kappa shape index (κ2) is 4.29. The Bertz CT molecular complexity index is 226. The van der Waals surface area contributed by atoms with Crippen molar-refractivity contribution in [3.63, 3.8) is 0 Å². The van der Waals surface area contributed by atoms with Crippen LogP contribution in [0.4, 0.5) is 0 Å². The van der Waals surface area contributed by atoms with Gasteiger partial charge >= 0.3 is 0 Å². The first-order valence-corrected chi connectivity index (χ1v) is 5.22. The Labute approximate surface area is 86.6 Å². The molecule has 1 saturated heterocycles. The van der Waals surface area contributed by atoms with Gasteiger partial charge in [-0.3, -0.25) is 4.90 Å². The first-order chi connectivity index (χ1) is 6.44. The predicted octanol–water partition coefficient (Wildman–Crippen LogP) is 1.79. The highest BCUT2D eigenvalue weighted by Gasteiger charge is 2.32. The van der Waals surface area contributed by atoms with Gasteiger partial charge in [0, 0.05) is 6.04 Å². The fourth-order valence-corrected chi connectivity index (χ4v) is 1.89. The Balaban J connectivity index is 2.59. The Kier molecular flexibility index (Phi) is 3.52. The molecule has 1 aliphatic rings. The first-order valence-electron chi connectivity index (χ1n) is 5.22. The van der Waals surface area contributed by atoms with Crippen LogP contribution >= 0.6 is 0 Å². The standard InChI is InChI=1S/C11H20N2O/c1-11(2,3)14-10(8-12)9-6-5-7-13(9)4/h9-10H,5-7H2,1-4H3/t9-,10+/m0/s1. The number of hydrogen-bond acceptors (Lipinski definition) is 3. The summed E-state index contributed by atoms with van der Waals surface area (Å²) < 4.78 is 5.74. The number of nitrogens with zero attached hydrogens (tertiary/aromatic N) is 2. The van der Waals surface area contributed by atoms with Gasteiger partial charge in [0.1, 0.15) is 0 Å². The second-order valence-corrected chi connectivity index (χ2v) is 4.97. The number of likely N-dealkylation sites (N-methyl/N-ethyl adjacent to an activating group) is 1. The molecule has 2 atom stereocenters. The molecule has 80 valence electrons. The minimum absolute atomic E-state index is 0.232. The third-order valence-corrected chi connectivity index (χ3v) is 2.53. The number of likely N-dealkylation sites (tertiary alicyclic amines) is 1. The molecule has 1 aliphatic heterocycles. The molecule has 0 N–H and O–H groups in total. The highest BCUT2D eigenvalue weighted by molar-refractivity contribution is 4.98. The van der Waals surface area contributed by atoms with E-state index in [4.69, 9.17) is 10.00 Å². The zero-order chi connectivity index (χ0) is 10.8. The van der Waals surface area contributed by atoms with E-state index in [9.17, 15) is 0 Å². The van der Waals surface area contributed by atoms with E-state index in [2.05, 4.69) is 18.0 Å². The maximum Gasteiger partial charge on any atom is 0.160 e. The first kappa shape index (κ1) is 11.5. The van der Waals surface area contributed by atoms with Crippen LogP contribution in [-0.4, -0.2) is 36.2 Å². The van der Waals surface area contributed by atoms with E-state index in [0.717, 1.165) is 13.0 Å². The molecular formula is C11H20N2O. The van der Waals surface area contributed by atoms with Crippen LogP contribution < -0.4 is 0 Å². The lowest BCUT2D eigenvalue weighted by molar-refractivity contribution is -0.0604. The van der Waals surface area contributed by atoms with Crippen LogP contribution in [-0.2, 0) is 4.74 Å². The zero-order valence-electron chi connectivity index (χ0n) is 9.58. The van der Waals surface area contributed by atoms with E-state index in [-0.39, 0.29) is 17.7 Å². The van der Waals surface area contributed by atoms with Gasteiger partial charge in [-0.25, -0.2) is 0 Å². The minimum atomic E-state index is -0.289. The van der Waals surface area contributed by atoms with Crippen molar-refractivity contribution in [1.82, 2.24) is 4.90 Å². The van der Waals surface area contributed by atoms with Gasteiger partial charge < -0.3 is 4.74 Å². The molecule has 1 rings (SSSR count). The van der Waals surface area contributed by atoms with Gasteiger partial charge in [0.15, 0.2) is 6.10 Å². The molecule has 1 fully saturated rings. The summed E-state index contributed by atoms with van der Waals surface area (Å²) in [5.74, 6) is 0. The Morgan fingerprint density at radius 3 is 2.50 bits per heavy atom. The maximum absolute atomic E-state index is 9.07. The summed E-state index contributed by atoms with van der Waals surface area (Å²) in [6.45, 7) is 7.06. The van der Waals surface area contributed by atoms with Crippen molar-refractivity contribution in [2.24, 2.45) is 0 Å². The highest BCUT2D eigenvalue weighted by atomic mass is 16.5. The summed E-state index contributed by atoms with van der Waals surface area (Å²) >= 11 is 0. The predicted molar refractivity (Wildman–Crippen MR) is 55.9 cm³/mol. The Morgan fingerprint density at radius 1 is 1.50 bits per heavy atom. The summed E-state index contributed by atoms with van der Waals surface area (Å²) in [5.41, 5.74) is -0.232. The number of nitriles is 1. The maximum atomic E-state index is 9.07. The van der Waals surface area contributed by atoms with Gasteiger partial charge in [-0.15, -0.1) is 0 Å². The van der Waals surface area contributed by atoms with Crippen molar-refractivity contribution in [2.45, 2.75) is 51.4 Å². The van der Waals surface area contributed by atoms with Crippen molar-refractivity contribution < 1.29 is 4.74 Å². The van der Waals surface area contributed by atoms with Crippen molar-refractivity contribution >= 4 is 0 Å². The van der Waals surface area contributed by atoms with Crippen molar-refractivity contribution in [3.8, 4) is 6.07 Å². The molecule has 0 amide bonds. The highest BCUT2D eigenvalue weighted by Crippen LogP contribution is 2.23. The SMILES string of the molecule is CN1CCC[C@H]1[C@@H](C#N)OC(C)(C)C. The summed E-state index contributed by atoms with van der Waals surface area (Å²) in [6, 6.07) is 2.54. The molecule has 0 bridgehead atoms. The van der Waals surface area contributed by atoms with Gasteiger partial charge in [-0.1, -0.05) is 0 Å². The summed E-state index contributed by atoms with van der Waals surface area (Å²) in [7, 11) is 2.06. The van der Waals surface area contributed by atoms with Gasteiger partial charge in [-0.2, -0.15) is 5.26 Å². The van der Waals surface area contributed by atoms with Gasteiger partial charge in [0.2, 0.25) is 0 Å². The van der Waals surface area contributed by atoms with E-state index in [1.165, 1.54) is 6.42 Å². The normalized spacial score (nSPS) is 26.1. The van der Waals surface area contributed by atoms with Crippen LogP contribution in [0.15, 0.2) is 0 Å². The minimum Gasteiger partial charge on any atom is -0.356 e. The van der Waals surface area contributed by atoms with Gasteiger partial charge in [-0.05, 0) is 47.2 Å². The molecule has 0 aromatic carbocycles. The largest absolute Gasteiger partial charge is 0.356 e. The van der Waals surface area contributed by atoms with Gasteiger partial charge in [0.25, 0.3) is 0 Å². The molecule has 3 heteroatoms.